The van der Waals surface area contributed by atoms with Gasteiger partial charge >= 0.3 is 11.9 Å². The number of fused-ring (bicyclic) bond motifs is 7. The zero-order valence-corrected chi connectivity index (χ0v) is 15.8. The van der Waals surface area contributed by atoms with Gasteiger partial charge in [0.15, 0.2) is 0 Å². The van der Waals surface area contributed by atoms with Crippen LogP contribution in [0.25, 0.3) is 0 Å². The molecule has 8 atom stereocenters. The van der Waals surface area contributed by atoms with Crippen molar-refractivity contribution in [3.63, 3.8) is 0 Å². The highest BCUT2D eigenvalue weighted by Crippen LogP contribution is 2.51. The molecule has 0 aromatic carbocycles. The number of allylic oxidation sites excluding steroid dienone is 4. The van der Waals surface area contributed by atoms with Crippen molar-refractivity contribution in [2.75, 3.05) is 7.11 Å². The summed E-state index contributed by atoms with van der Waals surface area (Å²) in [5.41, 5.74) is 0. The molecule has 0 aromatic rings. The van der Waals surface area contributed by atoms with Crippen LogP contribution in [0.1, 0.15) is 26.7 Å². The summed E-state index contributed by atoms with van der Waals surface area (Å²) in [5, 5.41) is 7.00. The maximum absolute atomic E-state index is 11.4. The number of hydrogen-bond acceptors (Lipinski definition) is 6. The number of hydrogen-bond donors (Lipinski definition) is 1. The van der Waals surface area contributed by atoms with Gasteiger partial charge in [0, 0.05) is 18.9 Å². The highest BCUT2D eigenvalue weighted by atomic mass is 16.6. The number of cyclic esters (lactones) is 2. The van der Waals surface area contributed by atoms with E-state index in [9.17, 15) is 19.2 Å². The van der Waals surface area contributed by atoms with Gasteiger partial charge in [0.1, 0.15) is 11.6 Å². The van der Waals surface area contributed by atoms with E-state index in [1.54, 1.807) is 13.8 Å². The lowest BCUT2D eigenvalue weighted by Gasteiger charge is -2.23. The van der Waals surface area contributed by atoms with Crippen LogP contribution in [0, 0.1) is 47.3 Å². The largest absolute Gasteiger partial charge is 0.400 e. The van der Waals surface area contributed by atoms with E-state index in [4.69, 9.17) is 5.11 Å². The van der Waals surface area contributed by atoms with Crippen molar-refractivity contribution < 1.29 is 29.0 Å². The second kappa shape index (κ2) is 7.50. The molecule has 8 unspecified atom stereocenters. The van der Waals surface area contributed by atoms with Gasteiger partial charge in [-0.15, -0.1) is 0 Å². The van der Waals surface area contributed by atoms with Crippen molar-refractivity contribution in [3.8, 4) is 0 Å². The summed E-state index contributed by atoms with van der Waals surface area (Å²) in [4.78, 5) is 45.1. The quantitative estimate of drug-likeness (QED) is 0.449. The first-order valence-electron chi connectivity index (χ1n) is 9.46. The maximum Gasteiger partial charge on any atom is 0.318 e. The predicted molar refractivity (Wildman–Crippen MR) is 96.0 cm³/mol. The zero-order valence-electron chi connectivity index (χ0n) is 15.8. The first-order valence-corrected chi connectivity index (χ1v) is 9.46. The van der Waals surface area contributed by atoms with E-state index in [0.717, 1.165) is 20.0 Å². The van der Waals surface area contributed by atoms with Gasteiger partial charge in [-0.2, -0.15) is 0 Å². The van der Waals surface area contributed by atoms with Crippen molar-refractivity contribution in [2.45, 2.75) is 26.7 Å². The molecule has 0 amide bonds. The molecule has 1 saturated heterocycles. The van der Waals surface area contributed by atoms with Crippen molar-refractivity contribution in [1.29, 1.82) is 0 Å². The van der Waals surface area contributed by atoms with E-state index < -0.39 is 0 Å². The standard InChI is InChI=1S/C11H14O2.C9H8O3.CH4O/c1-6(12)10-8-3-4-9(5-8)11(10)7(2)13;10-8-6-4-1-2-5(3-4)7(6)9(11)12-8;1-2/h3-4,8-11H,5H2,1-2H3;1-2,4-7H,3H2;2H,1H3. The summed E-state index contributed by atoms with van der Waals surface area (Å²) in [6.45, 7) is 3.21. The molecular formula is C21H26O6. The normalized spacial score (nSPS) is 41.5. The van der Waals surface area contributed by atoms with Gasteiger partial charge in [-0.25, -0.2) is 0 Å². The van der Waals surface area contributed by atoms with Crippen LogP contribution in [0.4, 0.5) is 0 Å². The molecule has 0 aromatic heterocycles. The van der Waals surface area contributed by atoms with Crippen LogP contribution in [0.5, 0.6) is 0 Å². The number of rotatable bonds is 2. The van der Waals surface area contributed by atoms with Crippen LogP contribution in [0.2, 0.25) is 0 Å². The third-order valence-corrected chi connectivity index (χ3v) is 6.60. The average molecular weight is 374 g/mol. The summed E-state index contributed by atoms with van der Waals surface area (Å²) in [6.07, 6.45) is 10.3. The number of ether oxygens (including phenoxy) is 1. The Kier molecular flexibility index (Phi) is 5.47. The highest BCUT2D eigenvalue weighted by molar-refractivity contribution is 5.98. The van der Waals surface area contributed by atoms with Gasteiger partial charge in [-0.3, -0.25) is 19.2 Å². The summed E-state index contributed by atoms with van der Waals surface area (Å²) >= 11 is 0. The second-order valence-electron chi connectivity index (χ2n) is 7.96. The van der Waals surface area contributed by atoms with Crippen molar-refractivity contribution in [3.05, 3.63) is 24.3 Å². The van der Waals surface area contributed by atoms with E-state index in [0.29, 0.717) is 11.8 Å². The second-order valence-corrected chi connectivity index (χ2v) is 7.96. The molecule has 3 fully saturated rings. The average Bonchev–Trinajstić information content (AvgIpc) is 3.43. The number of carbonyl (C=O) groups is 4. The molecule has 5 aliphatic rings. The molecule has 146 valence electrons. The van der Waals surface area contributed by atoms with Crippen LogP contribution >= 0.6 is 0 Å². The molecule has 0 spiro atoms. The Morgan fingerprint density at radius 1 is 0.778 bits per heavy atom. The molecule has 4 bridgehead atoms. The molecule has 1 N–H and O–H groups in total. The topological polar surface area (TPSA) is 97.7 Å². The maximum atomic E-state index is 11.4. The fraction of sp³-hybridized carbons (Fsp3) is 0.619. The smallest absolute Gasteiger partial charge is 0.318 e. The predicted octanol–water partition coefficient (Wildman–Crippen LogP) is 1.72. The van der Waals surface area contributed by atoms with Gasteiger partial charge in [-0.1, -0.05) is 24.3 Å². The van der Waals surface area contributed by atoms with E-state index in [1.165, 1.54) is 0 Å². The van der Waals surface area contributed by atoms with Crippen LogP contribution < -0.4 is 0 Å². The van der Waals surface area contributed by atoms with E-state index >= 15 is 0 Å². The minimum absolute atomic E-state index is 0.0208. The zero-order chi connectivity index (χ0) is 19.9. The molecular weight excluding hydrogens is 348 g/mol. The number of carbonyl (C=O) groups excluding carboxylic acids is 4. The lowest BCUT2D eigenvalue weighted by molar-refractivity contribution is -0.154. The summed E-state index contributed by atoms with van der Waals surface area (Å²) in [5.74, 6) is 0.656. The van der Waals surface area contributed by atoms with Crippen molar-refractivity contribution in [2.24, 2.45) is 47.3 Å². The fourth-order valence-electron chi connectivity index (χ4n) is 5.63. The van der Waals surface area contributed by atoms with Crippen molar-refractivity contribution >= 4 is 23.5 Å². The molecule has 5 rings (SSSR count). The molecule has 6 nitrogen and oxygen atoms in total. The van der Waals surface area contributed by atoms with Gasteiger partial charge in [-0.05, 0) is 50.4 Å². The molecule has 2 saturated carbocycles. The Morgan fingerprint density at radius 3 is 1.48 bits per heavy atom. The number of Topliss-reactive ketones (excluding diaryl/α,β-unsaturated/α-hetero) is 2. The number of ketones is 2. The van der Waals surface area contributed by atoms with Crippen LogP contribution in [0.3, 0.4) is 0 Å². The fourth-order valence-corrected chi connectivity index (χ4v) is 5.63. The van der Waals surface area contributed by atoms with E-state index in [2.05, 4.69) is 16.9 Å². The third-order valence-electron chi connectivity index (χ3n) is 6.60. The van der Waals surface area contributed by atoms with Gasteiger partial charge in [0.05, 0.1) is 11.8 Å². The van der Waals surface area contributed by atoms with Crippen LogP contribution in [-0.2, 0) is 23.9 Å². The first-order chi connectivity index (χ1) is 12.9. The van der Waals surface area contributed by atoms with Crippen LogP contribution in [0.15, 0.2) is 24.3 Å². The Labute approximate surface area is 158 Å². The highest BCUT2D eigenvalue weighted by Gasteiger charge is 2.57. The molecule has 1 heterocycles. The Morgan fingerprint density at radius 2 is 1.11 bits per heavy atom. The first kappa shape index (κ1) is 19.7. The van der Waals surface area contributed by atoms with E-state index in [1.807, 2.05) is 12.2 Å². The Balaban J connectivity index is 0.000000143. The molecule has 1 aliphatic heterocycles. The minimum Gasteiger partial charge on any atom is -0.400 e. The van der Waals surface area contributed by atoms with Gasteiger partial charge in [0.2, 0.25) is 0 Å². The summed E-state index contributed by atoms with van der Waals surface area (Å²) < 4.78 is 4.59. The lowest BCUT2D eigenvalue weighted by atomic mass is 9.79. The Bertz CT molecular complexity index is 664. The minimum atomic E-state index is -0.304. The van der Waals surface area contributed by atoms with Gasteiger partial charge < -0.3 is 9.84 Å². The van der Waals surface area contributed by atoms with Gasteiger partial charge in [0.25, 0.3) is 0 Å². The number of aliphatic hydroxyl groups is 1. The Hall–Kier alpha value is -2.08. The SMILES string of the molecule is CC(=O)C1C2C=CC(C2)C1C(C)=O.CO.O=C1OC(=O)C2C3C=CC(C3)C12. The number of esters is 2. The van der Waals surface area contributed by atoms with Crippen LogP contribution in [-0.4, -0.2) is 35.7 Å². The molecule has 27 heavy (non-hydrogen) atoms. The van der Waals surface area contributed by atoms with Crippen molar-refractivity contribution in [1.82, 2.24) is 0 Å². The van der Waals surface area contributed by atoms with E-state index in [-0.39, 0.29) is 59.0 Å². The monoisotopic (exact) mass is 374 g/mol. The molecule has 0 radical (unpaired) electrons. The molecule has 4 aliphatic carbocycles. The summed E-state index contributed by atoms with van der Waals surface area (Å²) in [7, 11) is 1.00. The summed E-state index contributed by atoms with van der Waals surface area (Å²) in [6, 6.07) is 0. The lowest BCUT2D eigenvalue weighted by Crippen LogP contribution is -2.30. The molecule has 6 heteroatoms. The third kappa shape index (κ3) is 3.20. The number of aliphatic hydroxyl groups excluding tert-OH is 1.